The molecule has 3 nitrogen and oxygen atoms in total. The molecule has 2 fully saturated rings. The Bertz CT molecular complexity index is 439. The van der Waals surface area contributed by atoms with Crippen LogP contribution < -0.4 is 5.32 Å². The van der Waals surface area contributed by atoms with Gasteiger partial charge in [0.25, 0.3) is 0 Å². The minimum atomic E-state index is 0.0770. The molecule has 1 saturated heterocycles. The van der Waals surface area contributed by atoms with E-state index in [1.165, 1.54) is 23.5 Å². The molecule has 19 heavy (non-hydrogen) atoms. The average molecular weight is 280 g/mol. The van der Waals surface area contributed by atoms with Gasteiger partial charge in [-0.05, 0) is 25.7 Å². The highest BCUT2D eigenvalue weighted by Crippen LogP contribution is 2.39. The maximum absolute atomic E-state index is 5.56. The summed E-state index contributed by atoms with van der Waals surface area (Å²) in [6.07, 6.45) is 4.75. The number of nitrogens with zero attached hydrogens (tertiary/aromatic N) is 1. The van der Waals surface area contributed by atoms with Gasteiger partial charge in [0.1, 0.15) is 5.01 Å². The molecule has 2 aliphatic rings. The van der Waals surface area contributed by atoms with E-state index in [0.717, 1.165) is 26.1 Å². The van der Waals surface area contributed by atoms with E-state index < -0.39 is 0 Å². The molecule has 1 N–H and O–H groups in total. The molecule has 106 valence electrons. The number of ether oxygens (including phenoxy) is 1. The van der Waals surface area contributed by atoms with Crippen molar-refractivity contribution in [1.29, 1.82) is 0 Å². The van der Waals surface area contributed by atoms with Crippen molar-refractivity contribution in [1.82, 2.24) is 10.3 Å². The third-order valence-corrected chi connectivity index (χ3v) is 5.13. The lowest BCUT2D eigenvalue weighted by Crippen LogP contribution is -2.47. The first-order valence-electron chi connectivity index (χ1n) is 7.32. The lowest BCUT2D eigenvalue weighted by atomic mass is 9.89. The lowest BCUT2D eigenvalue weighted by Gasteiger charge is -2.36. The van der Waals surface area contributed by atoms with Crippen LogP contribution in [-0.2, 0) is 15.7 Å². The van der Waals surface area contributed by atoms with Crippen molar-refractivity contribution in [3.05, 3.63) is 16.1 Å². The molecule has 1 aromatic heterocycles. The third-order valence-electron chi connectivity index (χ3n) is 4.09. The van der Waals surface area contributed by atoms with Crippen LogP contribution in [0.15, 0.2) is 5.38 Å². The summed E-state index contributed by atoms with van der Waals surface area (Å²) in [4.78, 5) is 4.96. The van der Waals surface area contributed by atoms with Gasteiger partial charge in [-0.3, -0.25) is 0 Å². The Kier molecular flexibility index (Phi) is 3.44. The Labute approximate surface area is 119 Å². The highest BCUT2D eigenvalue weighted by Gasteiger charge is 2.41. The summed E-state index contributed by atoms with van der Waals surface area (Å²) in [6, 6.07) is 0.708. The van der Waals surface area contributed by atoms with Gasteiger partial charge in [-0.25, -0.2) is 4.98 Å². The van der Waals surface area contributed by atoms with Crippen LogP contribution in [0.4, 0.5) is 0 Å². The number of nitrogens with one attached hydrogen (secondary N) is 1. The minimum absolute atomic E-state index is 0.0770. The second-order valence-electron chi connectivity index (χ2n) is 6.90. The summed E-state index contributed by atoms with van der Waals surface area (Å²) in [7, 11) is 0. The number of hydrogen-bond donors (Lipinski definition) is 1. The van der Waals surface area contributed by atoms with E-state index in [4.69, 9.17) is 9.72 Å². The molecular weight excluding hydrogens is 256 g/mol. The van der Waals surface area contributed by atoms with E-state index in [0.29, 0.717) is 6.04 Å². The van der Waals surface area contributed by atoms with Crippen LogP contribution in [0.1, 0.15) is 57.2 Å². The van der Waals surface area contributed by atoms with Gasteiger partial charge in [-0.2, -0.15) is 0 Å². The number of aromatic nitrogens is 1. The van der Waals surface area contributed by atoms with Gasteiger partial charge in [0.05, 0.1) is 11.2 Å². The number of hydrogen-bond acceptors (Lipinski definition) is 4. The quantitative estimate of drug-likeness (QED) is 0.923. The zero-order chi connectivity index (χ0) is 13.5. The Morgan fingerprint density at radius 3 is 2.53 bits per heavy atom. The third kappa shape index (κ3) is 2.86. The predicted octanol–water partition coefficient (Wildman–Crippen LogP) is 3.20. The van der Waals surface area contributed by atoms with Crippen LogP contribution in [0.3, 0.4) is 0 Å². The van der Waals surface area contributed by atoms with Gasteiger partial charge >= 0.3 is 0 Å². The summed E-state index contributed by atoms with van der Waals surface area (Å²) < 4.78 is 5.56. The molecule has 4 heteroatoms. The van der Waals surface area contributed by atoms with Crippen LogP contribution in [0, 0.1) is 0 Å². The fourth-order valence-electron chi connectivity index (χ4n) is 2.60. The van der Waals surface area contributed by atoms with Crippen LogP contribution in [0.2, 0.25) is 0 Å². The molecule has 1 aromatic rings. The largest absolute Gasteiger partial charge is 0.381 e. The Morgan fingerprint density at radius 1 is 1.32 bits per heavy atom. The molecule has 1 saturated carbocycles. The van der Waals surface area contributed by atoms with E-state index >= 15 is 0 Å². The Morgan fingerprint density at radius 2 is 2.00 bits per heavy atom. The van der Waals surface area contributed by atoms with Gasteiger partial charge in [-0.15, -0.1) is 11.3 Å². The Hall–Kier alpha value is -0.450. The van der Waals surface area contributed by atoms with E-state index in [2.05, 4.69) is 31.5 Å². The van der Waals surface area contributed by atoms with E-state index in [-0.39, 0.29) is 11.0 Å². The molecule has 0 amide bonds. The molecule has 1 aliphatic heterocycles. The first-order valence-corrected chi connectivity index (χ1v) is 8.19. The van der Waals surface area contributed by atoms with Gasteiger partial charge in [-0.1, -0.05) is 20.8 Å². The summed E-state index contributed by atoms with van der Waals surface area (Å²) in [5.74, 6) is 0. The number of thiazole rings is 1. The second kappa shape index (κ2) is 4.83. The molecule has 0 bridgehead atoms. The molecule has 0 atom stereocenters. The van der Waals surface area contributed by atoms with Gasteiger partial charge < -0.3 is 10.1 Å². The maximum atomic E-state index is 5.56. The van der Waals surface area contributed by atoms with E-state index in [1.807, 2.05) is 11.3 Å². The molecule has 2 heterocycles. The van der Waals surface area contributed by atoms with Gasteiger partial charge in [0.2, 0.25) is 0 Å². The lowest BCUT2D eigenvalue weighted by molar-refractivity contribution is 0.0356. The molecule has 0 aromatic carbocycles. The predicted molar refractivity (Wildman–Crippen MR) is 78.7 cm³/mol. The van der Waals surface area contributed by atoms with Crippen molar-refractivity contribution in [3.63, 3.8) is 0 Å². The summed E-state index contributed by atoms with van der Waals surface area (Å²) in [5, 5.41) is 7.36. The monoisotopic (exact) mass is 280 g/mol. The van der Waals surface area contributed by atoms with Crippen molar-refractivity contribution in [3.8, 4) is 0 Å². The smallest absolute Gasteiger partial charge is 0.113 e. The van der Waals surface area contributed by atoms with Crippen molar-refractivity contribution in [2.45, 2.75) is 63.5 Å². The fraction of sp³-hybridized carbons (Fsp3) is 0.800. The van der Waals surface area contributed by atoms with Crippen LogP contribution in [0.25, 0.3) is 0 Å². The summed E-state index contributed by atoms with van der Waals surface area (Å²) in [5.41, 5.74) is 1.44. The SMILES string of the molecule is CC(C)(C)c1csc(C2(NC3CC3)CCOCC2)n1. The standard InChI is InChI=1S/C15H24N2OS/c1-14(2,3)12-10-19-13(16-12)15(17-11-4-5-11)6-8-18-9-7-15/h10-11,17H,4-9H2,1-3H3. The minimum Gasteiger partial charge on any atom is -0.381 e. The topological polar surface area (TPSA) is 34.1 Å². The molecule has 0 radical (unpaired) electrons. The normalized spacial score (nSPS) is 23.5. The highest BCUT2D eigenvalue weighted by atomic mass is 32.1. The molecule has 3 rings (SSSR count). The summed E-state index contributed by atoms with van der Waals surface area (Å²) in [6.45, 7) is 8.40. The van der Waals surface area contributed by atoms with Crippen molar-refractivity contribution in [2.75, 3.05) is 13.2 Å². The fourth-order valence-corrected chi connectivity index (χ4v) is 3.87. The van der Waals surface area contributed by atoms with Gasteiger partial charge in [0.15, 0.2) is 0 Å². The number of rotatable bonds is 3. The zero-order valence-electron chi connectivity index (χ0n) is 12.2. The Balaban J connectivity index is 1.87. The molecule has 0 unspecified atom stereocenters. The molecular formula is C15H24N2OS. The summed E-state index contributed by atoms with van der Waals surface area (Å²) >= 11 is 1.82. The van der Waals surface area contributed by atoms with Crippen molar-refractivity contribution in [2.24, 2.45) is 0 Å². The highest BCUT2D eigenvalue weighted by molar-refractivity contribution is 7.09. The first kappa shape index (κ1) is 13.5. The second-order valence-corrected chi connectivity index (χ2v) is 7.76. The van der Waals surface area contributed by atoms with E-state index in [1.54, 1.807) is 0 Å². The van der Waals surface area contributed by atoms with Crippen molar-refractivity contribution >= 4 is 11.3 Å². The first-order chi connectivity index (χ1) is 9.00. The van der Waals surface area contributed by atoms with E-state index in [9.17, 15) is 0 Å². The van der Waals surface area contributed by atoms with Gasteiger partial charge in [0, 0.05) is 30.1 Å². The maximum Gasteiger partial charge on any atom is 0.113 e. The van der Waals surface area contributed by atoms with Crippen molar-refractivity contribution < 1.29 is 4.74 Å². The zero-order valence-corrected chi connectivity index (χ0v) is 13.0. The van der Waals surface area contributed by atoms with Crippen LogP contribution in [-0.4, -0.2) is 24.2 Å². The average Bonchev–Trinajstić information content (AvgIpc) is 3.01. The van der Waals surface area contributed by atoms with Crippen LogP contribution >= 0.6 is 11.3 Å². The van der Waals surface area contributed by atoms with Crippen LogP contribution in [0.5, 0.6) is 0 Å². The molecule has 0 spiro atoms. The molecule has 1 aliphatic carbocycles.